The summed E-state index contributed by atoms with van der Waals surface area (Å²) in [5.41, 5.74) is 2.52. The minimum absolute atomic E-state index is 0.0156. The van der Waals surface area contributed by atoms with Gasteiger partial charge in [0.1, 0.15) is 5.82 Å². The number of halogens is 1. The van der Waals surface area contributed by atoms with Gasteiger partial charge in [-0.05, 0) is 48.5 Å². The number of hydrogen-bond acceptors (Lipinski definition) is 3. The van der Waals surface area contributed by atoms with Gasteiger partial charge in [0.2, 0.25) is 11.8 Å². The highest BCUT2D eigenvalue weighted by Crippen LogP contribution is 2.26. The predicted molar refractivity (Wildman–Crippen MR) is 124 cm³/mol. The van der Waals surface area contributed by atoms with Gasteiger partial charge in [-0.2, -0.15) is 0 Å². The highest BCUT2D eigenvalue weighted by Gasteiger charge is 2.24. The summed E-state index contributed by atoms with van der Waals surface area (Å²) < 4.78 is 13.1. The number of carbonyl (C=O) groups is 2. The molecule has 0 atom stereocenters. The number of carbonyl (C=O) groups excluding carboxylic acids is 2. The lowest BCUT2D eigenvalue weighted by atomic mass is 10.1. The Kier molecular flexibility index (Phi) is 6.80. The van der Waals surface area contributed by atoms with Gasteiger partial charge in [-0.15, -0.1) is 0 Å². The van der Waals surface area contributed by atoms with E-state index in [0.717, 1.165) is 17.1 Å². The summed E-state index contributed by atoms with van der Waals surface area (Å²) in [5.74, 6) is -0.383. The highest BCUT2D eigenvalue weighted by atomic mass is 19.1. The van der Waals surface area contributed by atoms with Crippen LogP contribution in [0.5, 0.6) is 0 Å². The van der Waals surface area contributed by atoms with E-state index in [1.807, 2.05) is 65.6 Å². The third kappa shape index (κ3) is 5.14. The second kappa shape index (κ2) is 10.1. The van der Waals surface area contributed by atoms with E-state index in [-0.39, 0.29) is 30.5 Å². The molecule has 0 saturated carbocycles. The summed E-state index contributed by atoms with van der Waals surface area (Å²) in [6.07, 6.45) is 0.312. The molecule has 1 aliphatic rings. The fraction of sp³-hybridized carbons (Fsp3) is 0.231. The topological polar surface area (TPSA) is 43.9 Å². The second-order valence-electron chi connectivity index (χ2n) is 7.74. The molecule has 4 rings (SSSR count). The molecular weight excluding hydrogens is 405 g/mol. The second-order valence-corrected chi connectivity index (χ2v) is 7.74. The number of rotatable bonds is 6. The third-order valence-electron chi connectivity index (χ3n) is 5.66. The molecule has 0 bridgehead atoms. The third-order valence-corrected chi connectivity index (χ3v) is 5.66. The van der Waals surface area contributed by atoms with Gasteiger partial charge in [-0.3, -0.25) is 14.5 Å². The first-order chi connectivity index (χ1) is 15.6. The number of para-hydroxylation sites is 2. The fourth-order valence-electron chi connectivity index (χ4n) is 3.94. The van der Waals surface area contributed by atoms with E-state index in [0.29, 0.717) is 26.2 Å². The Labute approximate surface area is 187 Å². The average molecular weight is 432 g/mol. The Hall–Kier alpha value is -3.67. The van der Waals surface area contributed by atoms with E-state index in [4.69, 9.17) is 0 Å². The van der Waals surface area contributed by atoms with Gasteiger partial charge in [0.05, 0.1) is 0 Å². The SMILES string of the molecule is O=C(CCC(=O)N(c1ccccc1)c1ccccc1)N1CCN(c2ccc(F)cc2)CC1. The number of amides is 2. The highest BCUT2D eigenvalue weighted by molar-refractivity contribution is 6.01. The minimum Gasteiger partial charge on any atom is -0.368 e. The number of benzene rings is 3. The maximum Gasteiger partial charge on any atom is 0.232 e. The monoisotopic (exact) mass is 431 g/mol. The molecule has 5 nitrogen and oxygen atoms in total. The maximum absolute atomic E-state index is 13.1. The van der Waals surface area contributed by atoms with Crippen LogP contribution in [0.15, 0.2) is 84.9 Å². The first-order valence-corrected chi connectivity index (χ1v) is 10.8. The Morgan fingerprint density at radius 3 is 1.78 bits per heavy atom. The van der Waals surface area contributed by atoms with E-state index in [1.165, 1.54) is 12.1 Å². The molecule has 1 aliphatic heterocycles. The van der Waals surface area contributed by atoms with Crippen LogP contribution >= 0.6 is 0 Å². The zero-order chi connectivity index (χ0) is 22.3. The van der Waals surface area contributed by atoms with Crippen molar-refractivity contribution in [3.05, 3.63) is 90.7 Å². The van der Waals surface area contributed by atoms with Gasteiger partial charge in [0, 0.05) is 56.1 Å². The van der Waals surface area contributed by atoms with E-state index in [9.17, 15) is 14.0 Å². The average Bonchev–Trinajstić information content (AvgIpc) is 2.85. The van der Waals surface area contributed by atoms with E-state index in [1.54, 1.807) is 17.0 Å². The van der Waals surface area contributed by atoms with Gasteiger partial charge < -0.3 is 9.80 Å². The molecule has 32 heavy (non-hydrogen) atoms. The molecule has 0 aliphatic carbocycles. The van der Waals surface area contributed by atoms with Crippen LogP contribution in [0.25, 0.3) is 0 Å². The number of hydrogen-bond donors (Lipinski definition) is 0. The minimum atomic E-state index is -0.257. The molecule has 6 heteroatoms. The molecule has 3 aromatic rings. The van der Waals surface area contributed by atoms with Gasteiger partial charge in [0.15, 0.2) is 0 Å². The van der Waals surface area contributed by atoms with Crippen LogP contribution in [0.4, 0.5) is 21.5 Å². The molecule has 1 fully saturated rings. The lowest BCUT2D eigenvalue weighted by Gasteiger charge is -2.36. The summed E-state index contributed by atoms with van der Waals surface area (Å²) in [6, 6.07) is 25.4. The molecule has 1 saturated heterocycles. The van der Waals surface area contributed by atoms with Crippen molar-refractivity contribution in [2.24, 2.45) is 0 Å². The van der Waals surface area contributed by atoms with Crippen molar-refractivity contribution >= 4 is 28.9 Å². The summed E-state index contributed by atoms with van der Waals surface area (Å²) in [7, 11) is 0. The van der Waals surface area contributed by atoms with Crippen molar-refractivity contribution in [2.45, 2.75) is 12.8 Å². The molecule has 164 valence electrons. The molecule has 0 unspecified atom stereocenters. The van der Waals surface area contributed by atoms with Crippen LogP contribution in [0.2, 0.25) is 0 Å². The lowest BCUT2D eigenvalue weighted by molar-refractivity contribution is -0.133. The van der Waals surface area contributed by atoms with Gasteiger partial charge >= 0.3 is 0 Å². The molecule has 1 heterocycles. The van der Waals surface area contributed by atoms with Gasteiger partial charge in [0.25, 0.3) is 0 Å². The smallest absolute Gasteiger partial charge is 0.232 e. The molecule has 0 radical (unpaired) electrons. The van der Waals surface area contributed by atoms with Crippen molar-refractivity contribution in [2.75, 3.05) is 36.0 Å². The first kappa shape index (κ1) is 21.6. The number of anilines is 3. The zero-order valence-electron chi connectivity index (χ0n) is 17.9. The van der Waals surface area contributed by atoms with Crippen LogP contribution in [-0.4, -0.2) is 42.9 Å². The summed E-state index contributed by atoms with van der Waals surface area (Å²) in [5, 5.41) is 0. The maximum atomic E-state index is 13.1. The van der Waals surface area contributed by atoms with E-state index in [2.05, 4.69) is 4.90 Å². The molecule has 0 spiro atoms. The molecule has 0 N–H and O–H groups in total. The van der Waals surface area contributed by atoms with Crippen LogP contribution in [-0.2, 0) is 9.59 Å². The molecular formula is C26H26FN3O2. The van der Waals surface area contributed by atoms with Crippen molar-refractivity contribution in [1.82, 2.24) is 4.90 Å². The Bertz CT molecular complexity index is 994. The van der Waals surface area contributed by atoms with Gasteiger partial charge in [-0.25, -0.2) is 4.39 Å². The molecule has 2 amide bonds. The predicted octanol–water partition coefficient (Wildman–Crippen LogP) is 4.62. The Morgan fingerprint density at radius 1 is 0.719 bits per heavy atom. The normalized spacial score (nSPS) is 13.7. The Balaban J connectivity index is 1.34. The summed E-state index contributed by atoms with van der Waals surface area (Å²) >= 11 is 0. The van der Waals surface area contributed by atoms with E-state index < -0.39 is 0 Å². The van der Waals surface area contributed by atoms with Crippen molar-refractivity contribution < 1.29 is 14.0 Å². The lowest BCUT2D eigenvalue weighted by Crippen LogP contribution is -2.49. The van der Waals surface area contributed by atoms with Crippen LogP contribution in [0.1, 0.15) is 12.8 Å². The van der Waals surface area contributed by atoms with Gasteiger partial charge in [-0.1, -0.05) is 36.4 Å². The van der Waals surface area contributed by atoms with Crippen molar-refractivity contribution in [1.29, 1.82) is 0 Å². The van der Waals surface area contributed by atoms with Crippen molar-refractivity contribution in [3.8, 4) is 0 Å². The van der Waals surface area contributed by atoms with Crippen LogP contribution in [0, 0.1) is 5.82 Å². The summed E-state index contributed by atoms with van der Waals surface area (Å²) in [4.78, 5) is 31.5. The Morgan fingerprint density at radius 2 is 1.25 bits per heavy atom. The number of nitrogens with zero attached hydrogens (tertiary/aromatic N) is 3. The fourth-order valence-corrected chi connectivity index (χ4v) is 3.94. The van der Waals surface area contributed by atoms with Crippen molar-refractivity contribution in [3.63, 3.8) is 0 Å². The standard InChI is InChI=1S/C26H26FN3O2/c27-21-11-13-22(14-12-21)28-17-19-29(20-18-28)25(31)15-16-26(32)30(23-7-3-1-4-8-23)24-9-5-2-6-10-24/h1-14H,15-20H2. The quantitative estimate of drug-likeness (QED) is 0.572. The molecule has 3 aromatic carbocycles. The number of piperazine rings is 1. The molecule has 0 aromatic heterocycles. The summed E-state index contributed by atoms with van der Waals surface area (Å²) in [6.45, 7) is 2.55. The van der Waals surface area contributed by atoms with Crippen LogP contribution in [0.3, 0.4) is 0 Å². The first-order valence-electron chi connectivity index (χ1n) is 10.8. The zero-order valence-corrected chi connectivity index (χ0v) is 17.9. The largest absolute Gasteiger partial charge is 0.368 e. The van der Waals surface area contributed by atoms with E-state index >= 15 is 0 Å². The van der Waals surface area contributed by atoms with Crippen LogP contribution < -0.4 is 9.80 Å².